The van der Waals surface area contributed by atoms with Crippen molar-refractivity contribution in [3.63, 3.8) is 0 Å². The van der Waals surface area contributed by atoms with Gasteiger partial charge < -0.3 is 16.0 Å². The molecule has 3 N–H and O–H groups in total. The Balaban J connectivity index is 1.24. The summed E-state index contributed by atoms with van der Waals surface area (Å²) in [6.45, 7) is 2.08. The first-order chi connectivity index (χ1) is 16.5. The van der Waals surface area contributed by atoms with Gasteiger partial charge in [-0.3, -0.25) is 14.6 Å². The molecule has 2 aromatic heterocycles. The molecule has 34 heavy (non-hydrogen) atoms. The van der Waals surface area contributed by atoms with E-state index in [1.807, 2.05) is 18.2 Å². The lowest BCUT2D eigenvalue weighted by molar-refractivity contribution is -0.123. The van der Waals surface area contributed by atoms with Gasteiger partial charge in [0.1, 0.15) is 6.04 Å². The number of anilines is 1. The van der Waals surface area contributed by atoms with Crippen LogP contribution in [0.1, 0.15) is 96.9 Å². The molecule has 0 spiro atoms. The molecule has 3 aliphatic carbocycles. The van der Waals surface area contributed by atoms with Crippen molar-refractivity contribution in [2.45, 2.75) is 88.8 Å². The van der Waals surface area contributed by atoms with Gasteiger partial charge in [0.15, 0.2) is 0 Å². The smallest absolute Gasteiger partial charge is 0.262 e. The van der Waals surface area contributed by atoms with Crippen molar-refractivity contribution in [2.24, 2.45) is 5.92 Å². The average molecular weight is 501 g/mol. The van der Waals surface area contributed by atoms with E-state index in [-0.39, 0.29) is 23.9 Å². The summed E-state index contributed by atoms with van der Waals surface area (Å²) in [5.41, 5.74) is 2.04. The Hall–Kier alpha value is -2.12. The van der Waals surface area contributed by atoms with Crippen molar-refractivity contribution < 1.29 is 9.59 Å². The number of nitrogens with one attached hydrogen (secondary N) is 3. The molecule has 182 valence electrons. The molecule has 0 radical (unpaired) electrons. The summed E-state index contributed by atoms with van der Waals surface area (Å²) in [6.07, 6.45) is 11.6. The molecule has 2 heterocycles. The number of rotatable bonds is 10. The van der Waals surface area contributed by atoms with Crippen LogP contribution < -0.4 is 16.0 Å². The largest absolute Gasteiger partial charge is 0.376 e. The fourth-order valence-corrected chi connectivity index (χ4v) is 5.90. The van der Waals surface area contributed by atoms with Crippen LogP contribution in [0, 0.1) is 5.92 Å². The zero-order valence-corrected chi connectivity index (χ0v) is 21.2. The number of thiophene rings is 1. The number of carbonyl (C=O) groups excluding carboxylic acids is 2. The molecule has 5 rings (SSSR count). The molecule has 0 unspecified atom stereocenters. The van der Waals surface area contributed by atoms with Gasteiger partial charge in [-0.05, 0) is 63.1 Å². The lowest BCUT2D eigenvalue weighted by Gasteiger charge is -2.21. The van der Waals surface area contributed by atoms with E-state index in [9.17, 15) is 9.59 Å². The maximum Gasteiger partial charge on any atom is 0.262 e. The van der Waals surface area contributed by atoms with Crippen molar-refractivity contribution in [3.05, 3.63) is 44.9 Å². The van der Waals surface area contributed by atoms with Crippen molar-refractivity contribution in [3.8, 4) is 0 Å². The monoisotopic (exact) mass is 500 g/mol. The molecule has 2 amide bonds. The summed E-state index contributed by atoms with van der Waals surface area (Å²) in [7, 11) is 0. The second-order valence-corrected chi connectivity index (χ2v) is 11.7. The molecule has 6 nitrogen and oxygen atoms in total. The standard InChI is InChI=1S/C26H33ClN4O2S/c1-15(29-20-13-18(27)14-28-24(20)17-6-7-17)22-10-11-23(34-22)26(33)31-21(12-16-4-2-3-5-16)25(32)30-19-8-9-19/h10-11,13-17,19,21,29H,2-9,12H2,1H3,(H,30,32)(H,31,33)/t15-,21-/m0/s1. The first kappa shape index (κ1) is 23.6. The van der Waals surface area contributed by atoms with Crippen LogP contribution in [0.2, 0.25) is 5.02 Å². The Morgan fingerprint density at radius 1 is 1.15 bits per heavy atom. The number of nitrogens with zero attached hydrogens (tertiary/aromatic N) is 1. The minimum absolute atomic E-state index is 0.0109. The zero-order chi connectivity index (χ0) is 23.7. The van der Waals surface area contributed by atoms with E-state index in [1.165, 1.54) is 24.2 Å². The highest BCUT2D eigenvalue weighted by Gasteiger charge is 2.32. The van der Waals surface area contributed by atoms with E-state index in [0.717, 1.165) is 61.2 Å². The van der Waals surface area contributed by atoms with Crippen molar-refractivity contribution >= 4 is 40.4 Å². The van der Waals surface area contributed by atoms with Crippen LogP contribution >= 0.6 is 22.9 Å². The molecular formula is C26H33ClN4O2S. The van der Waals surface area contributed by atoms with Crippen molar-refractivity contribution in [1.29, 1.82) is 0 Å². The number of hydrogen-bond acceptors (Lipinski definition) is 5. The molecule has 0 saturated heterocycles. The van der Waals surface area contributed by atoms with E-state index in [2.05, 4.69) is 27.9 Å². The summed E-state index contributed by atoms with van der Waals surface area (Å²) in [4.78, 5) is 32.2. The molecule has 8 heteroatoms. The second-order valence-electron chi connectivity index (χ2n) is 10.1. The number of amides is 2. The van der Waals surface area contributed by atoms with Crippen LogP contribution in [0.25, 0.3) is 0 Å². The predicted octanol–water partition coefficient (Wildman–Crippen LogP) is 5.80. The van der Waals surface area contributed by atoms with Crippen LogP contribution in [-0.2, 0) is 4.79 Å². The third-order valence-electron chi connectivity index (χ3n) is 7.09. The summed E-state index contributed by atoms with van der Waals surface area (Å²) < 4.78 is 0. The zero-order valence-electron chi connectivity index (χ0n) is 19.6. The van der Waals surface area contributed by atoms with E-state index in [4.69, 9.17) is 11.6 Å². The van der Waals surface area contributed by atoms with Gasteiger partial charge >= 0.3 is 0 Å². The van der Waals surface area contributed by atoms with E-state index >= 15 is 0 Å². The lowest BCUT2D eigenvalue weighted by atomic mass is 9.97. The molecule has 2 aromatic rings. The van der Waals surface area contributed by atoms with Crippen molar-refractivity contribution in [1.82, 2.24) is 15.6 Å². The Morgan fingerprint density at radius 3 is 2.62 bits per heavy atom. The molecular weight excluding hydrogens is 468 g/mol. The molecule has 3 saturated carbocycles. The van der Waals surface area contributed by atoms with Gasteiger partial charge in [0, 0.05) is 23.0 Å². The normalized spacial score (nSPS) is 20.1. The summed E-state index contributed by atoms with van der Waals surface area (Å²) in [5, 5.41) is 10.3. The first-order valence-electron chi connectivity index (χ1n) is 12.6. The summed E-state index contributed by atoms with van der Waals surface area (Å²) in [5.74, 6) is 0.830. The third kappa shape index (κ3) is 5.92. The average Bonchev–Trinajstić information content (AvgIpc) is 3.71. The molecule has 3 fully saturated rings. The van der Waals surface area contributed by atoms with Gasteiger partial charge in [-0.1, -0.05) is 37.3 Å². The van der Waals surface area contributed by atoms with Crippen LogP contribution in [0.4, 0.5) is 5.69 Å². The second kappa shape index (κ2) is 10.2. The summed E-state index contributed by atoms with van der Waals surface area (Å²) in [6, 6.07) is 5.62. The van der Waals surface area contributed by atoms with Gasteiger partial charge in [-0.25, -0.2) is 0 Å². The fourth-order valence-electron chi connectivity index (χ4n) is 4.83. The van der Waals surface area contributed by atoms with Gasteiger partial charge in [0.2, 0.25) is 5.91 Å². The number of pyridine rings is 1. The predicted molar refractivity (Wildman–Crippen MR) is 137 cm³/mol. The topological polar surface area (TPSA) is 83.1 Å². The number of hydrogen-bond donors (Lipinski definition) is 3. The maximum atomic E-state index is 13.1. The molecule has 2 atom stereocenters. The van der Waals surface area contributed by atoms with Gasteiger partial charge in [-0.15, -0.1) is 11.3 Å². The Morgan fingerprint density at radius 2 is 1.91 bits per heavy atom. The highest BCUT2D eigenvalue weighted by Crippen LogP contribution is 2.43. The summed E-state index contributed by atoms with van der Waals surface area (Å²) >= 11 is 7.67. The Labute approximate surface area is 210 Å². The van der Waals surface area contributed by atoms with E-state index < -0.39 is 6.04 Å². The van der Waals surface area contributed by atoms with Crippen LogP contribution in [0.15, 0.2) is 24.4 Å². The number of carbonyl (C=O) groups is 2. The first-order valence-corrected chi connectivity index (χ1v) is 13.8. The number of aromatic nitrogens is 1. The van der Waals surface area contributed by atoms with Crippen LogP contribution in [-0.4, -0.2) is 28.9 Å². The van der Waals surface area contributed by atoms with Gasteiger partial charge in [0.25, 0.3) is 5.91 Å². The molecule has 3 aliphatic rings. The molecule has 0 aliphatic heterocycles. The van der Waals surface area contributed by atoms with Crippen LogP contribution in [0.3, 0.4) is 0 Å². The maximum absolute atomic E-state index is 13.1. The number of halogens is 1. The molecule has 0 aromatic carbocycles. The molecule has 0 bridgehead atoms. The minimum atomic E-state index is -0.462. The van der Waals surface area contributed by atoms with Crippen molar-refractivity contribution in [2.75, 3.05) is 5.32 Å². The lowest BCUT2D eigenvalue weighted by Crippen LogP contribution is -2.48. The highest BCUT2D eigenvalue weighted by molar-refractivity contribution is 7.14. The Bertz CT molecular complexity index is 1040. The Kier molecular flexibility index (Phi) is 7.11. The SMILES string of the molecule is C[C@H](Nc1cc(Cl)cnc1C1CC1)c1ccc(C(=O)N[C@@H](CC2CCCC2)C(=O)NC2CC2)s1. The van der Waals surface area contributed by atoms with E-state index in [0.29, 0.717) is 21.7 Å². The quantitative estimate of drug-likeness (QED) is 0.384. The fraction of sp³-hybridized carbons (Fsp3) is 0.577. The van der Waals surface area contributed by atoms with Crippen LogP contribution in [0.5, 0.6) is 0 Å². The van der Waals surface area contributed by atoms with E-state index in [1.54, 1.807) is 6.20 Å². The third-order valence-corrected chi connectivity index (χ3v) is 8.56. The van der Waals surface area contributed by atoms with Gasteiger partial charge in [0.05, 0.1) is 27.3 Å². The highest BCUT2D eigenvalue weighted by atomic mass is 35.5. The van der Waals surface area contributed by atoms with Gasteiger partial charge in [-0.2, -0.15) is 0 Å². The minimum Gasteiger partial charge on any atom is -0.376 e.